The largest absolute Gasteiger partial charge is 0.306 e. The van der Waals surface area contributed by atoms with Gasteiger partial charge in [0.1, 0.15) is 0 Å². The van der Waals surface area contributed by atoms with Gasteiger partial charge in [0.05, 0.1) is 0 Å². The first-order valence-corrected chi connectivity index (χ1v) is 5.81. The lowest BCUT2D eigenvalue weighted by Crippen LogP contribution is -2.40. The Balaban J connectivity index is 2.06. The number of fused-ring (bicyclic) bond motifs is 2. The highest BCUT2D eigenvalue weighted by Crippen LogP contribution is 2.42. The highest BCUT2D eigenvalue weighted by atomic mass is 32.2. The van der Waals surface area contributed by atoms with Crippen LogP contribution in [0.15, 0.2) is 0 Å². The summed E-state index contributed by atoms with van der Waals surface area (Å²) in [4.78, 5) is 2.51. The molecule has 2 bridgehead atoms. The van der Waals surface area contributed by atoms with E-state index in [1.807, 2.05) is 0 Å². The quantitative estimate of drug-likeness (QED) is 0.590. The molecule has 2 heteroatoms. The molecule has 0 spiro atoms. The Morgan fingerprint density at radius 2 is 1.73 bits per heavy atom. The van der Waals surface area contributed by atoms with Crippen molar-refractivity contribution in [2.24, 2.45) is 11.8 Å². The van der Waals surface area contributed by atoms with Crippen molar-refractivity contribution >= 4 is 11.8 Å². The van der Waals surface area contributed by atoms with E-state index in [0.717, 1.165) is 17.1 Å². The molecule has 1 aliphatic carbocycles. The molecule has 1 aliphatic heterocycles. The maximum absolute atomic E-state index is 2.51. The average Bonchev–Trinajstić information content (AvgIpc) is 2.23. The van der Waals surface area contributed by atoms with Crippen molar-refractivity contribution in [1.29, 1.82) is 0 Å². The summed E-state index contributed by atoms with van der Waals surface area (Å²) < 4.78 is 0. The zero-order chi connectivity index (χ0) is 7.84. The predicted molar refractivity (Wildman–Crippen MR) is 51.0 cm³/mol. The Morgan fingerprint density at radius 3 is 2.18 bits per heavy atom. The van der Waals surface area contributed by atoms with E-state index in [-0.39, 0.29) is 0 Å². The van der Waals surface area contributed by atoms with Crippen LogP contribution in [0.4, 0.5) is 0 Å². The van der Waals surface area contributed by atoms with Gasteiger partial charge >= 0.3 is 0 Å². The maximum Gasteiger partial charge on any atom is 0.0125 e. The zero-order valence-electron chi connectivity index (χ0n) is 7.42. The minimum atomic E-state index is 0.992. The lowest BCUT2D eigenvalue weighted by molar-refractivity contribution is 0.210. The van der Waals surface area contributed by atoms with Gasteiger partial charge in [0.2, 0.25) is 0 Å². The molecule has 2 aliphatic rings. The average molecular weight is 171 g/mol. The zero-order valence-corrected chi connectivity index (χ0v) is 8.23. The predicted octanol–water partition coefficient (Wildman–Crippen LogP) is 1.69. The molecule has 0 aromatic rings. The molecule has 2 atom stereocenters. The number of rotatable bonds is 1. The van der Waals surface area contributed by atoms with Gasteiger partial charge in [-0.3, -0.25) is 0 Å². The van der Waals surface area contributed by atoms with Crippen LogP contribution in [0.1, 0.15) is 12.8 Å². The van der Waals surface area contributed by atoms with E-state index >= 15 is 0 Å². The van der Waals surface area contributed by atoms with Gasteiger partial charge in [-0.1, -0.05) is 0 Å². The molecule has 1 saturated carbocycles. The second kappa shape index (κ2) is 2.98. The van der Waals surface area contributed by atoms with Gasteiger partial charge in [0.15, 0.2) is 0 Å². The highest BCUT2D eigenvalue weighted by molar-refractivity contribution is 7.99. The van der Waals surface area contributed by atoms with E-state index in [4.69, 9.17) is 0 Å². The number of piperidine rings is 1. The molecule has 2 unspecified atom stereocenters. The summed E-state index contributed by atoms with van der Waals surface area (Å²) in [5, 5.41) is 0.992. The third-order valence-corrected chi connectivity index (χ3v) is 4.52. The van der Waals surface area contributed by atoms with Gasteiger partial charge in [-0.15, -0.1) is 0 Å². The van der Waals surface area contributed by atoms with Crippen LogP contribution in [0.25, 0.3) is 0 Å². The lowest BCUT2D eigenvalue weighted by atomic mass is 9.99. The summed E-state index contributed by atoms with van der Waals surface area (Å²) in [5.74, 6) is 2.02. The van der Waals surface area contributed by atoms with E-state index < -0.39 is 0 Å². The third-order valence-electron chi connectivity index (χ3n) is 3.20. The van der Waals surface area contributed by atoms with E-state index in [1.54, 1.807) is 0 Å². The summed E-state index contributed by atoms with van der Waals surface area (Å²) in [7, 11) is 2.27. The van der Waals surface area contributed by atoms with Gasteiger partial charge in [0.25, 0.3) is 0 Å². The summed E-state index contributed by atoms with van der Waals surface area (Å²) in [6.45, 7) is 2.70. The van der Waals surface area contributed by atoms with E-state index in [2.05, 4.69) is 30.0 Å². The molecule has 2 fully saturated rings. The molecule has 2 rings (SSSR count). The molecule has 0 aromatic carbocycles. The Morgan fingerprint density at radius 1 is 1.18 bits per heavy atom. The summed E-state index contributed by atoms with van der Waals surface area (Å²) in [5.41, 5.74) is 0. The molecular formula is C9H17NS. The molecule has 0 radical (unpaired) electrons. The summed E-state index contributed by atoms with van der Waals surface area (Å²) in [6.07, 6.45) is 5.25. The molecule has 64 valence electrons. The summed E-state index contributed by atoms with van der Waals surface area (Å²) in [6, 6.07) is 0. The molecule has 0 aromatic heterocycles. The van der Waals surface area contributed by atoms with Crippen LogP contribution in [0.2, 0.25) is 0 Å². The van der Waals surface area contributed by atoms with Crippen molar-refractivity contribution in [3.05, 3.63) is 0 Å². The Labute approximate surface area is 73.5 Å². The molecule has 11 heavy (non-hydrogen) atoms. The smallest absolute Gasteiger partial charge is 0.0125 e. The summed E-state index contributed by atoms with van der Waals surface area (Å²) >= 11 is 2.10. The van der Waals surface area contributed by atoms with Crippen molar-refractivity contribution in [2.45, 2.75) is 18.1 Å². The van der Waals surface area contributed by atoms with E-state index in [1.165, 1.54) is 25.9 Å². The van der Waals surface area contributed by atoms with E-state index in [9.17, 15) is 0 Å². The van der Waals surface area contributed by atoms with Gasteiger partial charge in [-0.05, 0) is 38.0 Å². The Hall–Kier alpha value is 0.310. The van der Waals surface area contributed by atoms with E-state index in [0.29, 0.717) is 0 Å². The molecular weight excluding hydrogens is 154 g/mol. The number of hydrogen-bond acceptors (Lipinski definition) is 2. The highest BCUT2D eigenvalue weighted by Gasteiger charge is 2.40. The van der Waals surface area contributed by atoms with Crippen LogP contribution in [0.5, 0.6) is 0 Å². The number of nitrogens with zero attached hydrogens (tertiary/aromatic N) is 1. The van der Waals surface area contributed by atoms with Crippen molar-refractivity contribution in [1.82, 2.24) is 4.90 Å². The van der Waals surface area contributed by atoms with Gasteiger partial charge in [-0.2, -0.15) is 11.8 Å². The standard InChI is InChI=1S/C9H17NS/c1-10-5-7-3-4-8(6-10)9(7)11-2/h7-9H,3-6H2,1-2H3. The fraction of sp³-hybridized carbons (Fsp3) is 1.00. The molecule has 1 heterocycles. The van der Waals surface area contributed by atoms with Crippen LogP contribution in [-0.2, 0) is 0 Å². The monoisotopic (exact) mass is 171 g/mol. The van der Waals surface area contributed by atoms with Crippen molar-refractivity contribution in [2.75, 3.05) is 26.4 Å². The van der Waals surface area contributed by atoms with Crippen molar-refractivity contribution in [3.63, 3.8) is 0 Å². The lowest BCUT2D eigenvalue weighted by Gasteiger charge is -2.34. The minimum absolute atomic E-state index is 0.992. The molecule has 1 saturated heterocycles. The second-order valence-corrected chi connectivity index (χ2v) is 5.03. The molecule has 0 amide bonds. The van der Waals surface area contributed by atoms with Crippen LogP contribution >= 0.6 is 11.8 Å². The first-order valence-electron chi connectivity index (χ1n) is 4.52. The van der Waals surface area contributed by atoms with Crippen LogP contribution < -0.4 is 0 Å². The van der Waals surface area contributed by atoms with Crippen molar-refractivity contribution < 1.29 is 0 Å². The minimum Gasteiger partial charge on any atom is -0.306 e. The second-order valence-electron chi connectivity index (χ2n) is 4.02. The Kier molecular flexibility index (Phi) is 2.15. The van der Waals surface area contributed by atoms with Crippen LogP contribution in [-0.4, -0.2) is 36.5 Å². The van der Waals surface area contributed by atoms with Gasteiger partial charge in [0, 0.05) is 18.3 Å². The van der Waals surface area contributed by atoms with Crippen LogP contribution in [0.3, 0.4) is 0 Å². The van der Waals surface area contributed by atoms with Gasteiger partial charge in [-0.25, -0.2) is 0 Å². The number of thioether (sulfide) groups is 1. The number of likely N-dealkylation sites (tertiary alicyclic amines) is 1. The maximum atomic E-state index is 2.51. The fourth-order valence-corrected chi connectivity index (χ4v) is 4.01. The number of hydrogen-bond donors (Lipinski definition) is 0. The normalized spacial score (nSPS) is 44.7. The Bertz CT molecular complexity index is 134. The van der Waals surface area contributed by atoms with Gasteiger partial charge < -0.3 is 4.90 Å². The molecule has 1 nitrogen and oxygen atoms in total. The SMILES string of the molecule is CSC1C2CCC1CN(C)C2. The van der Waals surface area contributed by atoms with Crippen LogP contribution in [0, 0.1) is 11.8 Å². The fourth-order valence-electron chi connectivity index (χ4n) is 2.79. The first kappa shape index (κ1) is 7.93. The van der Waals surface area contributed by atoms with Crippen molar-refractivity contribution in [3.8, 4) is 0 Å². The topological polar surface area (TPSA) is 3.24 Å². The third kappa shape index (κ3) is 1.31. The first-order chi connectivity index (χ1) is 5.31. The molecule has 0 N–H and O–H groups in total.